The molecule has 3 rings (SSSR count). The Bertz CT molecular complexity index is 947. The van der Waals surface area contributed by atoms with Crippen molar-refractivity contribution in [2.75, 3.05) is 11.9 Å². The highest BCUT2D eigenvalue weighted by Gasteiger charge is 2.06. The minimum absolute atomic E-state index is 0.276. The summed E-state index contributed by atoms with van der Waals surface area (Å²) in [6.45, 7) is 4.05. The molecule has 1 aromatic heterocycles. The van der Waals surface area contributed by atoms with Crippen LogP contribution in [-0.4, -0.2) is 17.5 Å². The van der Waals surface area contributed by atoms with Crippen molar-refractivity contribution in [3.8, 4) is 17.0 Å². The van der Waals surface area contributed by atoms with E-state index in [1.807, 2.05) is 29.6 Å². The number of hydrogen-bond donors (Lipinski definition) is 1. The van der Waals surface area contributed by atoms with E-state index < -0.39 is 0 Å². The summed E-state index contributed by atoms with van der Waals surface area (Å²) in [5, 5.41) is 5.02. The Hall–Kier alpha value is -3.25. The molecule has 1 heterocycles. The van der Waals surface area contributed by atoms with Crippen molar-refractivity contribution < 1.29 is 13.9 Å². The quantitative estimate of drug-likeness (QED) is 0.455. The van der Waals surface area contributed by atoms with E-state index in [0.29, 0.717) is 17.4 Å². The summed E-state index contributed by atoms with van der Waals surface area (Å²) in [5.41, 5.74) is 2.36. The van der Waals surface area contributed by atoms with Crippen molar-refractivity contribution in [2.24, 2.45) is 0 Å². The molecule has 27 heavy (non-hydrogen) atoms. The van der Waals surface area contributed by atoms with Gasteiger partial charge in [-0.25, -0.2) is 9.37 Å². The lowest BCUT2D eigenvalue weighted by molar-refractivity contribution is -0.111. The van der Waals surface area contributed by atoms with Crippen LogP contribution in [0.4, 0.5) is 9.52 Å². The Labute approximate surface area is 160 Å². The number of anilines is 1. The summed E-state index contributed by atoms with van der Waals surface area (Å²) in [6, 6.07) is 13.4. The number of carbonyl (C=O) groups excluding carboxylic acids is 1. The highest BCUT2D eigenvalue weighted by molar-refractivity contribution is 7.14. The van der Waals surface area contributed by atoms with Crippen LogP contribution in [0.1, 0.15) is 5.56 Å². The van der Waals surface area contributed by atoms with Crippen LogP contribution in [0.5, 0.6) is 5.75 Å². The van der Waals surface area contributed by atoms with Crippen LogP contribution >= 0.6 is 11.3 Å². The number of nitrogens with one attached hydrogen (secondary N) is 1. The maximum Gasteiger partial charge on any atom is 0.250 e. The van der Waals surface area contributed by atoms with Crippen molar-refractivity contribution in [3.05, 3.63) is 84.0 Å². The molecule has 0 atom stereocenters. The maximum absolute atomic E-state index is 13.0. The summed E-state index contributed by atoms with van der Waals surface area (Å²) in [7, 11) is 0. The normalized spacial score (nSPS) is 10.7. The van der Waals surface area contributed by atoms with Crippen molar-refractivity contribution in [3.63, 3.8) is 0 Å². The molecule has 0 aliphatic carbocycles. The molecule has 1 amide bonds. The molecule has 0 fully saturated rings. The van der Waals surface area contributed by atoms with Crippen LogP contribution in [-0.2, 0) is 4.79 Å². The number of nitrogens with zero attached hydrogens (tertiary/aromatic N) is 1. The average molecular weight is 380 g/mol. The zero-order valence-corrected chi connectivity index (χ0v) is 15.2. The van der Waals surface area contributed by atoms with Gasteiger partial charge < -0.3 is 4.74 Å². The molecule has 1 N–H and O–H groups in total. The zero-order chi connectivity index (χ0) is 19.1. The fourth-order valence-electron chi connectivity index (χ4n) is 2.23. The second-order valence-electron chi connectivity index (χ2n) is 5.54. The largest absolute Gasteiger partial charge is 0.490 e. The highest BCUT2D eigenvalue weighted by Crippen LogP contribution is 2.25. The van der Waals surface area contributed by atoms with Crippen LogP contribution in [0, 0.1) is 5.82 Å². The lowest BCUT2D eigenvalue weighted by Crippen LogP contribution is -2.07. The third-order valence-corrected chi connectivity index (χ3v) is 4.31. The topological polar surface area (TPSA) is 51.2 Å². The second kappa shape index (κ2) is 8.91. The highest BCUT2D eigenvalue weighted by atomic mass is 32.1. The first-order valence-electron chi connectivity index (χ1n) is 8.18. The SMILES string of the molecule is C=CCOc1ccc(/C=C/C(=O)Nc2nc(-c3ccc(F)cc3)cs2)cc1. The molecular weight excluding hydrogens is 363 g/mol. The summed E-state index contributed by atoms with van der Waals surface area (Å²) in [4.78, 5) is 16.4. The number of carbonyl (C=O) groups is 1. The molecule has 0 radical (unpaired) electrons. The van der Waals surface area contributed by atoms with E-state index in [1.54, 1.807) is 24.3 Å². The maximum atomic E-state index is 13.0. The van der Waals surface area contributed by atoms with E-state index in [0.717, 1.165) is 16.9 Å². The number of aromatic nitrogens is 1. The first-order chi connectivity index (χ1) is 13.1. The molecule has 0 aliphatic heterocycles. The number of ether oxygens (including phenoxy) is 1. The van der Waals surface area contributed by atoms with Gasteiger partial charge in [-0.1, -0.05) is 24.8 Å². The number of hydrogen-bond acceptors (Lipinski definition) is 4. The van der Waals surface area contributed by atoms with Crippen molar-refractivity contribution in [1.29, 1.82) is 0 Å². The molecule has 6 heteroatoms. The van der Waals surface area contributed by atoms with Crippen LogP contribution in [0.25, 0.3) is 17.3 Å². The lowest BCUT2D eigenvalue weighted by Gasteiger charge is -2.02. The molecular formula is C21H17FN2O2S. The predicted molar refractivity (Wildman–Crippen MR) is 107 cm³/mol. The van der Waals surface area contributed by atoms with Gasteiger partial charge in [0.05, 0.1) is 5.69 Å². The Morgan fingerprint density at radius 1 is 1.19 bits per heavy atom. The number of rotatable bonds is 7. The molecule has 3 aromatic rings. The number of amides is 1. The first-order valence-corrected chi connectivity index (χ1v) is 9.06. The van der Waals surface area contributed by atoms with Gasteiger partial charge in [-0.3, -0.25) is 10.1 Å². The van der Waals surface area contributed by atoms with Crippen LogP contribution < -0.4 is 10.1 Å². The van der Waals surface area contributed by atoms with E-state index in [4.69, 9.17) is 4.74 Å². The minimum Gasteiger partial charge on any atom is -0.490 e. The molecule has 2 aromatic carbocycles. The van der Waals surface area contributed by atoms with Gasteiger partial charge in [-0.05, 0) is 48.0 Å². The third-order valence-electron chi connectivity index (χ3n) is 3.55. The molecule has 0 unspecified atom stereocenters. The fourth-order valence-corrected chi connectivity index (χ4v) is 2.96. The van der Waals surface area contributed by atoms with Crippen molar-refractivity contribution >= 4 is 28.5 Å². The minimum atomic E-state index is -0.298. The summed E-state index contributed by atoms with van der Waals surface area (Å²) in [5.74, 6) is 0.169. The smallest absolute Gasteiger partial charge is 0.250 e. The monoisotopic (exact) mass is 380 g/mol. The van der Waals surface area contributed by atoms with Crippen LogP contribution in [0.2, 0.25) is 0 Å². The van der Waals surface area contributed by atoms with Gasteiger partial charge in [0.15, 0.2) is 5.13 Å². The van der Waals surface area contributed by atoms with Gasteiger partial charge in [0, 0.05) is 17.0 Å². The Balaban J connectivity index is 1.58. The van der Waals surface area contributed by atoms with E-state index in [2.05, 4.69) is 16.9 Å². The number of halogens is 1. The molecule has 0 saturated heterocycles. The van der Waals surface area contributed by atoms with Crippen molar-refractivity contribution in [1.82, 2.24) is 4.98 Å². The van der Waals surface area contributed by atoms with Gasteiger partial charge in [0.1, 0.15) is 18.2 Å². The van der Waals surface area contributed by atoms with Crippen LogP contribution in [0.3, 0.4) is 0 Å². The molecule has 0 spiro atoms. The van der Waals surface area contributed by atoms with Gasteiger partial charge in [-0.2, -0.15) is 0 Å². The molecule has 136 valence electrons. The van der Waals surface area contributed by atoms with Gasteiger partial charge in [0.25, 0.3) is 0 Å². The zero-order valence-electron chi connectivity index (χ0n) is 14.4. The van der Waals surface area contributed by atoms with Gasteiger partial charge >= 0.3 is 0 Å². The summed E-state index contributed by atoms with van der Waals surface area (Å²) >= 11 is 1.31. The van der Waals surface area contributed by atoms with E-state index in [9.17, 15) is 9.18 Å². The Morgan fingerprint density at radius 3 is 2.63 bits per heavy atom. The standard InChI is InChI=1S/C21H17FN2O2S/c1-2-13-26-18-10-3-15(4-11-18)5-12-20(25)24-21-23-19(14-27-21)16-6-8-17(22)9-7-16/h2-12,14H,1,13H2,(H,23,24,25)/b12-5+. The molecule has 0 saturated carbocycles. The number of benzene rings is 2. The summed E-state index contributed by atoms with van der Waals surface area (Å²) < 4.78 is 18.4. The van der Waals surface area contributed by atoms with Crippen LogP contribution in [0.15, 0.2) is 72.6 Å². The Morgan fingerprint density at radius 2 is 1.93 bits per heavy atom. The third kappa shape index (κ3) is 5.36. The number of thiazole rings is 1. The molecule has 4 nitrogen and oxygen atoms in total. The van der Waals surface area contributed by atoms with E-state index in [1.165, 1.54) is 29.5 Å². The first kappa shape index (κ1) is 18.5. The fraction of sp³-hybridized carbons (Fsp3) is 0.0476. The van der Waals surface area contributed by atoms with Crippen molar-refractivity contribution in [2.45, 2.75) is 0 Å². The molecule has 0 aliphatic rings. The average Bonchev–Trinajstić information content (AvgIpc) is 3.14. The van der Waals surface area contributed by atoms with Gasteiger partial charge in [0.2, 0.25) is 5.91 Å². The predicted octanol–water partition coefficient (Wildman–Crippen LogP) is 5.17. The molecule has 0 bridgehead atoms. The second-order valence-corrected chi connectivity index (χ2v) is 6.39. The lowest BCUT2D eigenvalue weighted by atomic mass is 10.2. The van der Waals surface area contributed by atoms with E-state index in [-0.39, 0.29) is 11.7 Å². The summed E-state index contributed by atoms with van der Waals surface area (Å²) in [6.07, 6.45) is 4.83. The van der Waals surface area contributed by atoms with Gasteiger partial charge in [-0.15, -0.1) is 11.3 Å². The Kier molecular flexibility index (Phi) is 6.12. The van der Waals surface area contributed by atoms with E-state index >= 15 is 0 Å².